The van der Waals surface area contributed by atoms with Crippen LogP contribution in [0, 0.1) is 23.2 Å². The van der Waals surface area contributed by atoms with Crippen LogP contribution in [0.1, 0.15) is 131 Å². The third-order valence-electron chi connectivity index (χ3n) is 11.4. The summed E-state index contributed by atoms with van der Waals surface area (Å²) in [4.78, 5) is 0. The molecule has 0 bridgehead atoms. The lowest BCUT2D eigenvalue weighted by molar-refractivity contribution is 0.330. The smallest absolute Gasteiger partial charge is 0.00667 e. The summed E-state index contributed by atoms with van der Waals surface area (Å²) in [5.41, 5.74) is 17.1. The fraction of sp³-hybridized carbons (Fsp3) is 0.524. The van der Waals surface area contributed by atoms with Crippen molar-refractivity contribution in [2.24, 2.45) is 23.2 Å². The third-order valence-corrected chi connectivity index (χ3v) is 11.4. The Morgan fingerprint density at radius 1 is 1.05 bits per heavy atom. The van der Waals surface area contributed by atoms with Gasteiger partial charge in [0.15, 0.2) is 0 Å². The molecule has 3 aliphatic rings. The van der Waals surface area contributed by atoms with Crippen LogP contribution in [0.2, 0.25) is 0 Å². The topological polar surface area (TPSA) is 0 Å². The summed E-state index contributed by atoms with van der Waals surface area (Å²) in [7, 11) is 0. The molecule has 0 N–H and O–H groups in total. The largest absolute Gasteiger partial charge is 0.0950 e. The molecule has 0 heteroatoms. The Hall–Kier alpha value is -2.60. The first-order valence-corrected chi connectivity index (χ1v) is 16.9. The maximum Gasteiger partial charge on any atom is 0.00667 e. The SMILES string of the molecule is C=C1/C(=C\C2=C(CC)CC[C@H](CC)C2)C(C)=C(C(=C)C(C)(C)[C@H](CCC)c2ccc(C3=C(C)[C@@H](C)C=C3C)cc2)[C@@H]1C. The van der Waals surface area contributed by atoms with Gasteiger partial charge in [0.05, 0.1) is 0 Å². The molecular weight excluding hydrogens is 504 g/mol. The van der Waals surface area contributed by atoms with E-state index in [9.17, 15) is 0 Å². The van der Waals surface area contributed by atoms with Crippen molar-refractivity contribution < 1.29 is 0 Å². The molecule has 3 aliphatic carbocycles. The van der Waals surface area contributed by atoms with E-state index in [1.54, 1.807) is 11.1 Å². The molecule has 0 heterocycles. The summed E-state index contributed by atoms with van der Waals surface area (Å²) in [6, 6.07) is 9.53. The summed E-state index contributed by atoms with van der Waals surface area (Å²) in [5, 5.41) is 0. The van der Waals surface area contributed by atoms with Crippen LogP contribution in [-0.4, -0.2) is 0 Å². The van der Waals surface area contributed by atoms with Gasteiger partial charge in [0.1, 0.15) is 0 Å². The Balaban J connectivity index is 1.69. The molecule has 0 saturated carbocycles. The Bertz CT molecular complexity index is 1370. The van der Waals surface area contributed by atoms with Gasteiger partial charge < -0.3 is 0 Å². The lowest BCUT2D eigenvalue weighted by atomic mass is 9.65. The van der Waals surface area contributed by atoms with Crippen LogP contribution in [0.3, 0.4) is 0 Å². The molecule has 4 atom stereocenters. The van der Waals surface area contributed by atoms with Crippen molar-refractivity contribution in [3.05, 3.63) is 111 Å². The minimum Gasteiger partial charge on any atom is -0.0950 e. The highest BCUT2D eigenvalue weighted by Crippen LogP contribution is 2.53. The first-order valence-electron chi connectivity index (χ1n) is 16.9. The highest BCUT2D eigenvalue weighted by Gasteiger charge is 2.39. The Labute approximate surface area is 259 Å². The summed E-state index contributed by atoms with van der Waals surface area (Å²) in [5.74, 6) is 2.06. The van der Waals surface area contributed by atoms with E-state index in [1.165, 1.54) is 81.4 Å². The average Bonchev–Trinajstić information content (AvgIpc) is 3.35. The summed E-state index contributed by atoms with van der Waals surface area (Å²) >= 11 is 0. The highest BCUT2D eigenvalue weighted by atomic mass is 14.4. The maximum atomic E-state index is 4.87. The van der Waals surface area contributed by atoms with Crippen LogP contribution < -0.4 is 0 Å². The average molecular weight is 563 g/mol. The van der Waals surface area contributed by atoms with Crippen molar-refractivity contribution in [1.82, 2.24) is 0 Å². The monoisotopic (exact) mass is 562 g/mol. The molecule has 0 aromatic heterocycles. The number of hydrogen-bond donors (Lipinski definition) is 0. The number of rotatable bonds is 10. The standard InChI is InChI=1S/C42H58/c1-13-16-39(35-19-21-36(22-20-35)40-27(5)23-26(4)28(40)6)42(11,12)32(10)41-30(8)29(7)38(31(41)9)25-37-24-33(14-2)17-18-34(37)15-3/h19-23,25-26,30,33,39H,7,10,13-18,24H2,1-6,8-9,11-12H3/b38-25+/t26-,30+,33-,39+/m0/s1. The molecule has 0 saturated heterocycles. The van der Waals surface area contributed by atoms with Crippen molar-refractivity contribution in [1.29, 1.82) is 0 Å². The summed E-state index contributed by atoms with van der Waals surface area (Å²) in [6.45, 7) is 32.9. The molecule has 0 fully saturated rings. The fourth-order valence-electron chi connectivity index (χ4n) is 8.24. The van der Waals surface area contributed by atoms with Crippen LogP contribution in [0.5, 0.6) is 0 Å². The van der Waals surface area contributed by atoms with Gasteiger partial charge in [0.25, 0.3) is 0 Å². The molecule has 0 unspecified atom stereocenters. The molecule has 226 valence electrons. The lowest BCUT2D eigenvalue weighted by Crippen LogP contribution is -2.26. The summed E-state index contributed by atoms with van der Waals surface area (Å²) < 4.78 is 0. The van der Waals surface area contributed by atoms with E-state index >= 15 is 0 Å². The maximum absolute atomic E-state index is 4.87. The van der Waals surface area contributed by atoms with Crippen molar-refractivity contribution in [2.45, 2.75) is 120 Å². The Kier molecular flexibility index (Phi) is 9.97. The zero-order valence-electron chi connectivity index (χ0n) is 28.6. The van der Waals surface area contributed by atoms with Crippen molar-refractivity contribution >= 4 is 5.57 Å². The second-order valence-corrected chi connectivity index (χ2v) is 14.2. The molecular formula is C42H58. The fourth-order valence-corrected chi connectivity index (χ4v) is 8.24. The first kappa shape index (κ1) is 32.3. The van der Waals surface area contributed by atoms with Gasteiger partial charge >= 0.3 is 0 Å². The van der Waals surface area contributed by atoms with Gasteiger partial charge in [0.2, 0.25) is 0 Å². The Morgan fingerprint density at radius 3 is 2.26 bits per heavy atom. The minimum absolute atomic E-state index is 0.0724. The molecule has 0 spiro atoms. The van der Waals surface area contributed by atoms with Crippen LogP contribution in [-0.2, 0) is 0 Å². The van der Waals surface area contributed by atoms with Gasteiger partial charge in [-0.1, -0.05) is 122 Å². The van der Waals surface area contributed by atoms with Crippen molar-refractivity contribution in [3.63, 3.8) is 0 Å². The zero-order valence-corrected chi connectivity index (χ0v) is 28.6. The predicted molar refractivity (Wildman–Crippen MR) is 187 cm³/mol. The van der Waals surface area contributed by atoms with Crippen LogP contribution in [0.15, 0.2) is 99.7 Å². The Morgan fingerprint density at radius 2 is 1.71 bits per heavy atom. The van der Waals surface area contributed by atoms with Crippen LogP contribution >= 0.6 is 0 Å². The molecule has 4 rings (SSSR count). The van der Waals surface area contributed by atoms with Gasteiger partial charge in [-0.2, -0.15) is 0 Å². The number of benzene rings is 1. The van der Waals surface area contributed by atoms with E-state index in [2.05, 4.69) is 112 Å². The molecule has 0 aliphatic heterocycles. The molecule has 0 amide bonds. The van der Waals surface area contributed by atoms with Gasteiger partial charge in [-0.3, -0.25) is 0 Å². The lowest BCUT2D eigenvalue weighted by Gasteiger charge is -2.39. The van der Waals surface area contributed by atoms with Gasteiger partial charge in [-0.25, -0.2) is 0 Å². The van der Waals surface area contributed by atoms with Gasteiger partial charge in [-0.15, -0.1) is 0 Å². The quantitative estimate of drug-likeness (QED) is 0.266. The first-order chi connectivity index (χ1) is 19.9. The normalized spacial score (nSPS) is 25.2. The second-order valence-electron chi connectivity index (χ2n) is 14.2. The van der Waals surface area contributed by atoms with E-state index < -0.39 is 0 Å². The number of hydrogen-bond acceptors (Lipinski definition) is 0. The highest BCUT2D eigenvalue weighted by molar-refractivity contribution is 5.84. The molecule has 42 heavy (non-hydrogen) atoms. The minimum atomic E-state index is -0.0724. The van der Waals surface area contributed by atoms with E-state index in [-0.39, 0.29) is 5.41 Å². The molecule has 0 nitrogen and oxygen atoms in total. The summed E-state index contributed by atoms with van der Waals surface area (Å²) in [6.07, 6.45) is 13.5. The van der Waals surface area contributed by atoms with E-state index in [4.69, 9.17) is 6.58 Å². The number of allylic oxidation sites excluding steroid dienone is 12. The van der Waals surface area contributed by atoms with E-state index in [0.717, 1.165) is 25.2 Å². The van der Waals surface area contributed by atoms with Crippen molar-refractivity contribution in [3.8, 4) is 0 Å². The van der Waals surface area contributed by atoms with Crippen molar-refractivity contribution in [2.75, 3.05) is 0 Å². The van der Waals surface area contributed by atoms with Crippen LogP contribution in [0.25, 0.3) is 5.57 Å². The van der Waals surface area contributed by atoms with Gasteiger partial charge in [-0.05, 0) is 132 Å². The predicted octanol–water partition coefficient (Wildman–Crippen LogP) is 12.9. The van der Waals surface area contributed by atoms with Crippen LogP contribution in [0.4, 0.5) is 0 Å². The zero-order chi connectivity index (χ0) is 30.9. The molecule has 1 aromatic rings. The van der Waals surface area contributed by atoms with E-state index in [0.29, 0.717) is 17.8 Å². The van der Waals surface area contributed by atoms with E-state index in [1.807, 2.05) is 0 Å². The third kappa shape index (κ3) is 5.93. The molecule has 0 radical (unpaired) electrons. The molecule has 1 aromatic carbocycles. The van der Waals surface area contributed by atoms with Gasteiger partial charge in [0, 0.05) is 5.92 Å². The second kappa shape index (κ2) is 13.0.